The normalized spacial score (nSPS) is 13.7. The van der Waals surface area contributed by atoms with Crippen LogP contribution in [-0.2, 0) is 9.47 Å². The Balaban J connectivity index is 3.60. The minimum atomic E-state index is 0.291. The second kappa shape index (κ2) is 10.1. The van der Waals surface area contributed by atoms with Crippen LogP contribution in [0.1, 0.15) is 41.0 Å². The lowest BCUT2D eigenvalue weighted by atomic mass is 10.1. The summed E-state index contributed by atoms with van der Waals surface area (Å²) in [6.07, 6.45) is 1.75. The number of rotatable bonds is 10. The van der Waals surface area contributed by atoms with Crippen LogP contribution in [0.5, 0.6) is 0 Å². The van der Waals surface area contributed by atoms with Gasteiger partial charge >= 0.3 is 0 Å². The Morgan fingerprint density at radius 3 is 2.12 bits per heavy atom. The highest BCUT2D eigenvalue weighted by Gasteiger charge is 2.12. The predicted octanol–water partition coefficient (Wildman–Crippen LogP) is 2.45. The van der Waals surface area contributed by atoms with E-state index in [1.165, 1.54) is 6.42 Å². The van der Waals surface area contributed by atoms with Crippen molar-refractivity contribution in [3.8, 4) is 0 Å². The first-order valence-electron chi connectivity index (χ1n) is 6.51. The summed E-state index contributed by atoms with van der Waals surface area (Å²) in [4.78, 5) is 0. The molecule has 0 aromatic carbocycles. The number of ether oxygens (including phenoxy) is 2. The largest absolute Gasteiger partial charge is 0.376 e. The Morgan fingerprint density at radius 1 is 1.00 bits per heavy atom. The standard InChI is InChI=1S/C13H29NO2/c1-6-7-14-10-13(11(2)3)16-9-8-15-12(4)5/h11-14H,6-10H2,1-5H3. The fraction of sp³-hybridized carbons (Fsp3) is 1.00. The van der Waals surface area contributed by atoms with Gasteiger partial charge in [0.2, 0.25) is 0 Å². The van der Waals surface area contributed by atoms with Crippen molar-refractivity contribution in [1.82, 2.24) is 5.32 Å². The van der Waals surface area contributed by atoms with Gasteiger partial charge in [-0.25, -0.2) is 0 Å². The lowest BCUT2D eigenvalue weighted by Crippen LogP contribution is -2.34. The maximum Gasteiger partial charge on any atom is 0.0723 e. The SMILES string of the molecule is CCCNCC(OCCOC(C)C)C(C)C. The molecule has 0 radical (unpaired) electrons. The van der Waals surface area contributed by atoms with Gasteiger partial charge in [0.25, 0.3) is 0 Å². The van der Waals surface area contributed by atoms with Crippen molar-refractivity contribution >= 4 is 0 Å². The molecule has 0 aliphatic heterocycles. The maximum atomic E-state index is 5.81. The second-order valence-electron chi connectivity index (χ2n) is 4.78. The van der Waals surface area contributed by atoms with E-state index in [1.54, 1.807) is 0 Å². The summed E-state index contributed by atoms with van der Waals surface area (Å²) in [6.45, 7) is 14.0. The molecule has 0 amide bonds. The third-order valence-corrected chi connectivity index (χ3v) is 2.38. The van der Waals surface area contributed by atoms with Gasteiger partial charge in [0.05, 0.1) is 25.4 Å². The van der Waals surface area contributed by atoms with Crippen molar-refractivity contribution in [3.63, 3.8) is 0 Å². The van der Waals surface area contributed by atoms with Gasteiger partial charge in [-0.2, -0.15) is 0 Å². The third-order valence-electron chi connectivity index (χ3n) is 2.38. The van der Waals surface area contributed by atoms with Gasteiger partial charge in [0, 0.05) is 6.54 Å². The van der Waals surface area contributed by atoms with Gasteiger partial charge in [-0.15, -0.1) is 0 Å². The van der Waals surface area contributed by atoms with Crippen LogP contribution in [-0.4, -0.2) is 38.5 Å². The summed E-state index contributed by atoms with van der Waals surface area (Å²) in [5, 5.41) is 3.40. The summed E-state index contributed by atoms with van der Waals surface area (Å²) < 4.78 is 11.3. The molecule has 0 aliphatic carbocycles. The zero-order valence-corrected chi connectivity index (χ0v) is 11.6. The van der Waals surface area contributed by atoms with Gasteiger partial charge in [-0.1, -0.05) is 20.8 Å². The van der Waals surface area contributed by atoms with Crippen molar-refractivity contribution in [1.29, 1.82) is 0 Å². The molecule has 0 heterocycles. The zero-order valence-electron chi connectivity index (χ0n) is 11.6. The Hall–Kier alpha value is -0.120. The molecule has 1 unspecified atom stereocenters. The molecular weight excluding hydrogens is 202 g/mol. The molecule has 0 fully saturated rings. The molecule has 1 N–H and O–H groups in total. The smallest absolute Gasteiger partial charge is 0.0723 e. The number of hydrogen-bond acceptors (Lipinski definition) is 3. The minimum Gasteiger partial charge on any atom is -0.376 e. The van der Waals surface area contributed by atoms with Crippen LogP contribution in [0.2, 0.25) is 0 Å². The molecule has 3 heteroatoms. The fourth-order valence-electron chi connectivity index (χ4n) is 1.39. The quantitative estimate of drug-likeness (QED) is 0.586. The first-order valence-corrected chi connectivity index (χ1v) is 6.51. The lowest BCUT2D eigenvalue weighted by molar-refractivity contribution is -0.0271. The second-order valence-corrected chi connectivity index (χ2v) is 4.78. The zero-order chi connectivity index (χ0) is 12.4. The summed E-state index contributed by atoms with van der Waals surface area (Å²) in [5.74, 6) is 0.545. The fourth-order valence-corrected chi connectivity index (χ4v) is 1.39. The molecule has 0 saturated heterocycles. The van der Waals surface area contributed by atoms with Crippen LogP contribution in [0.3, 0.4) is 0 Å². The molecule has 0 spiro atoms. The molecule has 3 nitrogen and oxygen atoms in total. The first kappa shape index (κ1) is 15.9. The van der Waals surface area contributed by atoms with Crippen molar-refractivity contribution in [2.24, 2.45) is 5.92 Å². The highest BCUT2D eigenvalue weighted by Crippen LogP contribution is 2.05. The van der Waals surface area contributed by atoms with E-state index in [2.05, 4.69) is 26.1 Å². The number of hydrogen-bond donors (Lipinski definition) is 1. The van der Waals surface area contributed by atoms with Gasteiger partial charge in [0.1, 0.15) is 0 Å². The van der Waals surface area contributed by atoms with E-state index in [9.17, 15) is 0 Å². The number of nitrogens with one attached hydrogen (secondary N) is 1. The van der Waals surface area contributed by atoms with Crippen LogP contribution in [0, 0.1) is 5.92 Å². The molecular formula is C13H29NO2. The molecule has 98 valence electrons. The molecule has 0 bridgehead atoms. The van der Waals surface area contributed by atoms with Gasteiger partial charge in [0.15, 0.2) is 0 Å². The summed E-state index contributed by atoms with van der Waals surface area (Å²) in [6, 6.07) is 0. The Labute approximate surface area is 101 Å². The van der Waals surface area contributed by atoms with Crippen LogP contribution in [0.25, 0.3) is 0 Å². The summed E-state index contributed by atoms with van der Waals surface area (Å²) in [5.41, 5.74) is 0. The molecule has 1 atom stereocenters. The van der Waals surface area contributed by atoms with Crippen LogP contribution < -0.4 is 5.32 Å². The van der Waals surface area contributed by atoms with Crippen LogP contribution >= 0.6 is 0 Å². The summed E-state index contributed by atoms with van der Waals surface area (Å²) in [7, 11) is 0. The van der Waals surface area contributed by atoms with E-state index in [0.717, 1.165) is 13.1 Å². The lowest BCUT2D eigenvalue weighted by Gasteiger charge is -2.22. The first-order chi connectivity index (χ1) is 7.57. The van der Waals surface area contributed by atoms with Gasteiger partial charge in [-0.05, 0) is 32.7 Å². The summed E-state index contributed by atoms with van der Waals surface area (Å²) >= 11 is 0. The Kier molecular flexibility index (Phi) is 9.99. The topological polar surface area (TPSA) is 30.5 Å². The maximum absolute atomic E-state index is 5.81. The molecule has 0 saturated carbocycles. The molecule has 0 aromatic heterocycles. The molecule has 0 aromatic rings. The van der Waals surface area contributed by atoms with E-state index < -0.39 is 0 Å². The van der Waals surface area contributed by atoms with E-state index in [-0.39, 0.29) is 0 Å². The minimum absolute atomic E-state index is 0.291. The predicted molar refractivity (Wildman–Crippen MR) is 68.8 cm³/mol. The highest BCUT2D eigenvalue weighted by molar-refractivity contribution is 4.65. The molecule has 0 aliphatic rings. The van der Waals surface area contributed by atoms with Crippen molar-refractivity contribution < 1.29 is 9.47 Å². The van der Waals surface area contributed by atoms with E-state index in [0.29, 0.717) is 31.3 Å². The average Bonchev–Trinajstić information content (AvgIpc) is 2.21. The van der Waals surface area contributed by atoms with Gasteiger partial charge in [-0.3, -0.25) is 0 Å². The van der Waals surface area contributed by atoms with Crippen molar-refractivity contribution in [3.05, 3.63) is 0 Å². The Bertz CT molecular complexity index is 149. The van der Waals surface area contributed by atoms with Crippen LogP contribution in [0.15, 0.2) is 0 Å². The molecule has 16 heavy (non-hydrogen) atoms. The Morgan fingerprint density at radius 2 is 1.62 bits per heavy atom. The highest BCUT2D eigenvalue weighted by atomic mass is 16.5. The molecule has 0 rings (SSSR count). The monoisotopic (exact) mass is 231 g/mol. The van der Waals surface area contributed by atoms with Crippen molar-refractivity contribution in [2.75, 3.05) is 26.3 Å². The average molecular weight is 231 g/mol. The van der Waals surface area contributed by atoms with E-state index >= 15 is 0 Å². The van der Waals surface area contributed by atoms with Crippen LogP contribution in [0.4, 0.5) is 0 Å². The van der Waals surface area contributed by atoms with E-state index in [4.69, 9.17) is 9.47 Å². The third kappa shape index (κ3) is 9.13. The van der Waals surface area contributed by atoms with Crippen molar-refractivity contribution in [2.45, 2.75) is 53.2 Å². The van der Waals surface area contributed by atoms with E-state index in [1.807, 2.05) is 13.8 Å². The van der Waals surface area contributed by atoms with Gasteiger partial charge < -0.3 is 14.8 Å².